The van der Waals surface area contributed by atoms with Crippen LogP contribution in [0.2, 0.25) is 0 Å². The largest absolute Gasteiger partial charge is 0.359 e. The zero-order valence-corrected chi connectivity index (χ0v) is 10.8. The van der Waals surface area contributed by atoms with Crippen LogP contribution in [0.25, 0.3) is 0 Å². The summed E-state index contributed by atoms with van der Waals surface area (Å²) in [6.07, 6.45) is 8.75. The number of nitrogens with zero attached hydrogens (tertiary/aromatic N) is 3. The Balaban J connectivity index is 1.95. The Hall–Kier alpha value is -1.32. The van der Waals surface area contributed by atoms with Crippen LogP contribution in [0.5, 0.6) is 0 Å². The minimum Gasteiger partial charge on any atom is -0.359 e. The van der Waals surface area contributed by atoms with Crippen molar-refractivity contribution in [3.8, 4) is 0 Å². The molecule has 94 valence electrons. The van der Waals surface area contributed by atoms with Crippen molar-refractivity contribution in [1.29, 1.82) is 0 Å². The van der Waals surface area contributed by atoms with Crippen LogP contribution in [0.15, 0.2) is 12.3 Å². The number of hydrogen-bond donors (Lipinski definition) is 1. The standard InChI is InChI=1S/C13H22N4/c1-14-13-15-9-8-12(16-13)17(2)10-11-6-4-3-5-7-11/h8-9,11H,3-7,10H2,1-2H3,(H,14,15,16). The number of rotatable bonds is 4. The maximum absolute atomic E-state index is 4.46. The van der Waals surface area contributed by atoms with Crippen molar-refractivity contribution in [2.75, 3.05) is 30.9 Å². The van der Waals surface area contributed by atoms with Gasteiger partial charge in [-0.1, -0.05) is 19.3 Å². The summed E-state index contributed by atoms with van der Waals surface area (Å²) < 4.78 is 0. The van der Waals surface area contributed by atoms with Gasteiger partial charge in [0.15, 0.2) is 0 Å². The summed E-state index contributed by atoms with van der Waals surface area (Å²) in [5.74, 6) is 2.54. The summed E-state index contributed by atoms with van der Waals surface area (Å²) in [6.45, 7) is 1.11. The number of nitrogens with one attached hydrogen (secondary N) is 1. The second kappa shape index (κ2) is 5.84. The monoisotopic (exact) mass is 234 g/mol. The van der Waals surface area contributed by atoms with Crippen molar-refractivity contribution in [2.45, 2.75) is 32.1 Å². The molecule has 0 atom stereocenters. The molecule has 1 aromatic heterocycles. The van der Waals surface area contributed by atoms with E-state index in [9.17, 15) is 0 Å². The topological polar surface area (TPSA) is 41.1 Å². The molecule has 0 bridgehead atoms. The second-order valence-corrected chi connectivity index (χ2v) is 4.87. The summed E-state index contributed by atoms with van der Waals surface area (Å²) >= 11 is 0. The molecule has 1 aromatic rings. The molecule has 0 unspecified atom stereocenters. The van der Waals surface area contributed by atoms with Crippen molar-refractivity contribution in [2.24, 2.45) is 5.92 Å². The molecule has 17 heavy (non-hydrogen) atoms. The van der Waals surface area contributed by atoms with Crippen LogP contribution >= 0.6 is 0 Å². The van der Waals surface area contributed by atoms with Gasteiger partial charge in [0.2, 0.25) is 5.95 Å². The predicted octanol–water partition coefficient (Wildman–Crippen LogP) is 2.53. The van der Waals surface area contributed by atoms with E-state index < -0.39 is 0 Å². The molecule has 1 aliphatic rings. The number of anilines is 2. The molecule has 4 nitrogen and oxygen atoms in total. The summed E-state index contributed by atoms with van der Waals surface area (Å²) in [7, 11) is 3.97. The van der Waals surface area contributed by atoms with E-state index in [4.69, 9.17) is 0 Å². The van der Waals surface area contributed by atoms with E-state index in [1.807, 2.05) is 19.3 Å². The van der Waals surface area contributed by atoms with Crippen LogP contribution < -0.4 is 10.2 Å². The highest BCUT2D eigenvalue weighted by atomic mass is 15.2. The van der Waals surface area contributed by atoms with Crippen molar-refractivity contribution in [3.05, 3.63) is 12.3 Å². The molecule has 4 heteroatoms. The Kier molecular flexibility index (Phi) is 4.18. The van der Waals surface area contributed by atoms with Crippen molar-refractivity contribution >= 4 is 11.8 Å². The van der Waals surface area contributed by atoms with Gasteiger partial charge >= 0.3 is 0 Å². The van der Waals surface area contributed by atoms with Crippen LogP contribution in [-0.4, -0.2) is 30.6 Å². The van der Waals surface area contributed by atoms with Gasteiger partial charge in [0, 0.05) is 26.8 Å². The van der Waals surface area contributed by atoms with Gasteiger partial charge in [-0.25, -0.2) is 4.98 Å². The van der Waals surface area contributed by atoms with Gasteiger partial charge in [-0.3, -0.25) is 0 Å². The van der Waals surface area contributed by atoms with Gasteiger partial charge in [0.1, 0.15) is 5.82 Å². The molecule has 1 aliphatic carbocycles. The fourth-order valence-electron chi connectivity index (χ4n) is 2.53. The first kappa shape index (κ1) is 12.1. The minimum absolute atomic E-state index is 0.693. The molecule has 0 amide bonds. The maximum Gasteiger partial charge on any atom is 0.224 e. The van der Waals surface area contributed by atoms with Crippen LogP contribution in [0.3, 0.4) is 0 Å². The van der Waals surface area contributed by atoms with Crippen molar-refractivity contribution in [3.63, 3.8) is 0 Å². The lowest BCUT2D eigenvalue weighted by molar-refractivity contribution is 0.361. The average Bonchev–Trinajstić information content (AvgIpc) is 2.40. The molecule has 0 radical (unpaired) electrons. The molecule has 1 saturated carbocycles. The third-order valence-electron chi connectivity index (χ3n) is 3.51. The van der Waals surface area contributed by atoms with Crippen molar-refractivity contribution < 1.29 is 0 Å². The quantitative estimate of drug-likeness (QED) is 0.869. The molecular weight excluding hydrogens is 212 g/mol. The summed E-state index contributed by atoms with van der Waals surface area (Å²) in [5, 5.41) is 2.98. The Morgan fingerprint density at radius 2 is 2.12 bits per heavy atom. The van der Waals surface area contributed by atoms with E-state index in [1.54, 1.807) is 0 Å². The van der Waals surface area contributed by atoms with Crippen molar-refractivity contribution in [1.82, 2.24) is 9.97 Å². The third-order valence-corrected chi connectivity index (χ3v) is 3.51. The van der Waals surface area contributed by atoms with Gasteiger partial charge in [-0.15, -0.1) is 0 Å². The van der Waals surface area contributed by atoms with E-state index in [-0.39, 0.29) is 0 Å². The van der Waals surface area contributed by atoms with E-state index in [1.165, 1.54) is 32.1 Å². The number of aromatic nitrogens is 2. The molecule has 0 aliphatic heterocycles. The molecule has 0 aromatic carbocycles. The van der Waals surface area contributed by atoms with Gasteiger partial charge in [0.25, 0.3) is 0 Å². The highest BCUT2D eigenvalue weighted by molar-refractivity contribution is 5.41. The lowest BCUT2D eigenvalue weighted by atomic mass is 9.89. The lowest BCUT2D eigenvalue weighted by Gasteiger charge is -2.27. The van der Waals surface area contributed by atoms with Gasteiger partial charge in [-0.2, -0.15) is 4.98 Å². The molecule has 1 N–H and O–H groups in total. The first-order valence-electron chi connectivity index (χ1n) is 6.51. The predicted molar refractivity (Wildman–Crippen MR) is 71.4 cm³/mol. The summed E-state index contributed by atoms with van der Waals surface area (Å²) in [4.78, 5) is 10.8. The van der Waals surface area contributed by atoms with Crippen LogP contribution in [0.1, 0.15) is 32.1 Å². The molecular formula is C13H22N4. The van der Waals surface area contributed by atoms with E-state index in [2.05, 4.69) is 27.2 Å². The fourth-order valence-corrected chi connectivity index (χ4v) is 2.53. The molecule has 0 saturated heterocycles. The van der Waals surface area contributed by atoms with Gasteiger partial charge in [-0.05, 0) is 24.8 Å². The number of hydrogen-bond acceptors (Lipinski definition) is 4. The van der Waals surface area contributed by atoms with Gasteiger partial charge < -0.3 is 10.2 Å². The third kappa shape index (κ3) is 3.32. The summed E-state index contributed by atoms with van der Waals surface area (Å²) in [5.41, 5.74) is 0. The highest BCUT2D eigenvalue weighted by Crippen LogP contribution is 2.25. The maximum atomic E-state index is 4.46. The van der Waals surface area contributed by atoms with Crippen LogP contribution in [0, 0.1) is 5.92 Å². The zero-order valence-electron chi connectivity index (χ0n) is 10.8. The Labute approximate surface area is 103 Å². The minimum atomic E-state index is 0.693. The molecule has 2 rings (SSSR count). The second-order valence-electron chi connectivity index (χ2n) is 4.87. The summed E-state index contributed by atoms with van der Waals surface area (Å²) in [6, 6.07) is 1.98. The molecule has 1 heterocycles. The van der Waals surface area contributed by atoms with E-state index >= 15 is 0 Å². The Morgan fingerprint density at radius 1 is 1.35 bits per heavy atom. The smallest absolute Gasteiger partial charge is 0.224 e. The van der Waals surface area contributed by atoms with Crippen LogP contribution in [0.4, 0.5) is 11.8 Å². The Morgan fingerprint density at radius 3 is 2.82 bits per heavy atom. The molecule has 1 fully saturated rings. The lowest BCUT2D eigenvalue weighted by Crippen LogP contribution is -2.27. The van der Waals surface area contributed by atoms with E-state index in [0.29, 0.717) is 5.95 Å². The highest BCUT2D eigenvalue weighted by Gasteiger charge is 2.16. The van der Waals surface area contributed by atoms with E-state index in [0.717, 1.165) is 18.3 Å². The van der Waals surface area contributed by atoms with Gasteiger partial charge in [0.05, 0.1) is 0 Å². The first-order valence-corrected chi connectivity index (χ1v) is 6.51. The zero-order chi connectivity index (χ0) is 12.1. The average molecular weight is 234 g/mol. The fraction of sp³-hybridized carbons (Fsp3) is 0.692. The normalized spacial score (nSPS) is 16.8. The Bertz CT molecular complexity index is 347. The van der Waals surface area contributed by atoms with Crippen LogP contribution in [-0.2, 0) is 0 Å². The molecule has 0 spiro atoms. The first-order chi connectivity index (χ1) is 8.29. The SMILES string of the molecule is CNc1nccc(N(C)CC2CCCCC2)n1.